The molecule has 0 radical (unpaired) electrons. The normalized spacial score (nSPS) is 29.2. The van der Waals surface area contributed by atoms with Crippen LogP contribution in [-0.4, -0.2) is 31.2 Å². The Morgan fingerprint density at radius 2 is 2.00 bits per heavy atom. The number of anilines is 1. The van der Waals surface area contributed by atoms with Crippen molar-refractivity contribution in [2.45, 2.75) is 31.8 Å². The molecule has 98 valence electrons. The van der Waals surface area contributed by atoms with Crippen molar-refractivity contribution in [1.82, 2.24) is 0 Å². The average molecular weight is 251 g/mol. The quantitative estimate of drug-likeness (QED) is 0.767. The van der Waals surface area contributed by atoms with Crippen LogP contribution in [-0.2, 0) is 9.47 Å². The molecule has 3 rings (SSSR count). The van der Waals surface area contributed by atoms with Crippen LogP contribution in [0.25, 0.3) is 0 Å². The van der Waals surface area contributed by atoms with Gasteiger partial charge in [-0.3, -0.25) is 0 Å². The molecule has 1 saturated heterocycles. The molecule has 2 heterocycles. The summed E-state index contributed by atoms with van der Waals surface area (Å²) >= 11 is 0. The lowest BCUT2D eigenvalue weighted by molar-refractivity contribution is -0.152. The number of hydrogen-bond acceptors (Lipinski definition) is 5. The summed E-state index contributed by atoms with van der Waals surface area (Å²) < 4.78 is 22.8. The molecule has 1 unspecified atom stereocenters. The highest BCUT2D eigenvalue weighted by atomic mass is 16.8. The van der Waals surface area contributed by atoms with Crippen molar-refractivity contribution in [2.24, 2.45) is 0 Å². The molecule has 5 heteroatoms. The van der Waals surface area contributed by atoms with E-state index >= 15 is 0 Å². The largest absolute Gasteiger partial charge is 0.486 e. The predicted octanol–water partition coefficient (Wildman–Crippen LogP) is 1.56. The zero-order valence-electron chi connectivity index (χ0n) is 10.5. The Kier molecular flexibility index (Phi) is 2.60. The van der Waals surface area contributed by atoms with Gasteiger partial charge in [0.05, 0.1) is 6.61 Å². The molecule has 0 aromatic heterocycles. The Balaban J connectivity index is 1.74. The highest BCUT2D eigenvalue weighted by Gasteiger charge is 2.40. The minimum Gasteiger partial charge on any atom is -0.486 e. The van der Waals surface area contributed by atoms with E-state index in [1.807, 2.05) is 19.9 Å². The fourth-order valence-electron chi connectivity index (χ4n) is 2.19. The molecule has 0 spiro atoms. The van der Waals surface area contributed by atoms with Gasteiger partial charge in [0.25, 0.3) is 0 Å². The van der Waals surface area contributed by atoms with E-state index in [4.69, 9.17) is 24.7 Å². The van der Waals surface area contributed by atoms with E-state index in [1.54, 1.807) is 12.1 Å². The van der Waals surface area contributed by atoms with Crippen LogP contribution in [0.15, 0.2) is 18.2 Å². The van der Waals surface area contributed by atoms with Crippen LogP contribution in [0, 0.1) is 0 Å². The van der Waals surface area contributed by atoms with Crippen LogP contribution in [0.3, 0.4) is 0 Å². The molecule has 5 nitrogen and oxygen atoms in total. The van der Waals surface area contributed by atoms with Gasteiger partial charge in [-0.15, -0.1) is 0 Å². The average Bonchev–Trinajstić information content (AvgIpc) is 2.69. The summed E-state index contributed by atoms with van der Waals surface area (Å²) in [6.07, 6.45) is -0.256. The van der Waals surface area contributed by atoms with Crippen molar-refractivity contribution < 1.29 is 18.9 Å². The summed E-state index contributed by atoms with van der Waals surface area (Å²) in [6.45, 7) is 4.75. The smallest absolute Gasteiger partial charge is 0.163 e. The Morgan fingerprint density at radius 3 is 2.72 bits per heavy atom. The van der Waals surface area contributed by atoms with E-state index in [0.29, 0.717) is 30.4 Å². The standard InChI is InChI=1S/C13H17NO4/c1-13(2)16-7-12(18-13)11-6-15-10-5-8(14)3-4-9(10)17-11/h3-5,11-12H,6-7,14H2,1-2H3/t11-,12?/m0/s1. The highest BCUT2D eigenvalue weighted by Crippen LogP contribution is 2.36. The second-order valence-corrected chi connectivity index (χ2v) is 5.04. The zero-order valence-corrected chi connectivity index (χ0v) is 10.5. The second-order valence-electron chi connectivity index (χ2n) is 5.04. The fourth-order valence-corrected chi connectivity index (χ4v) is 2.19. The summed E-state index contributed by atoms with van der Waals surface area (Å²) in [4.78, 5) is 0. The summed E-state index contributed by atoms with van der Waals surface area (Å²) in [6, 6.07) is 5.37. The van der Waals surface area contributed by atoms with Gasteiger partial charge in [0.1, 0.15) is 12.7 Å². The maximum atomic E-state index is 5.88. The van der Waals surface area contributed by atoms with Gasteiger partial charge >= 0.3 is 0 Å². The molecule has 0 aliphatic carbocycles. The third-order valence-corrected chi connectivity index (χ3v) is 3.09. The number of benzene rings is 1. The number of hydrogen-bond donors (Lipinski definition) is 1. The van der Waals surface area contributed by atoms with Crippen molar-refractivity contribution >= 4 is 5.69 Å². The number of fused-ring (bicyclic) bond motifs is 1. The van der Waals surface area contributed by atoms with Gasteiger partial charge in [-0.2, -0.15) is 0 Å². The molecule has 1 fully saturated rings. The maximum absolute atomic E-state index is 5.88. The van der Waals surface area contributed by atoms with E-state index in [-0.39, 0.29) is 12.2 Å². The molecule has 2 N–H and O–H groups in total. The second kappa shape index (κ2) is 4.03. The van der Waals surface area contributed by atoms with Gasteiger partial charge in [0.2, 0.25) is 0 Å². The number of nitrogens with two attached hydrogens (primary N) is 1. The van der Waals surface area contributed by atoms with Crippen molar-refractivity contribution in [1.29, 1.82) is 0 Å². The van der Waals surface area contributed by atoms with Crippen molar-refractivity contribution in [3.05, 3.63) is 18.2 Å². The van der Waals surface area contributed by atoms with Crippen LogP contribution in [0.5, 0.6) is 11.5 Å². The number of rotatable bonds is 1. The van der Waals surface area contributed by atoms with Crippen molar-refractivity contribution in [2.75, 3.05) is 18.9 Å². The van der Waals surface area contributed by atoms with Gasteiger partial charge in [0.15, 0.2) is 23.4 Å². The fraction of sp³-hybridized carbons (Fsp3) is 0.538. The van der Waals surface area contributed by atoms with Crippen LogP contribution in [0.1, 0.15) is 13.8 Å². The van der Waals surface area contributed by atoms with Gasteiger partial charge < -0.3 is 24.7 Å². The molecular weight excluding hydrogens is 234 g/mol. The molecule has 0 bridgehead atoms. The first kappa shape index (κ1) is 11.6. The molecule has 18 heavy (non-hydrogen) atoms. The molecule has 0 amide bonds. The van der Waals surface area contributed by atoms with Crippen molar-refractivity contribution in [3.63, 3.8) is 0 Å². The number of ether oxygens (including phenoxy) is 4. The van der Waals surface area contributed by atoms with Crippen LogP contribution >= 0.6 is 0 Å². The van der Waals surface area contributed by atoms with Crippen LogP contribution in [0.4, 0.5) is 5.69 Å². The Hall–Kier alpha value is -1.46. The van der Waals surface area contributed by atoms with Gasteiger partial charge in [-0.25, -0.2) is 0 Å². The Morgan fingerprint density at radius 1 is 1.17 bits per heavy atom. The van der Waals surface area contributed by atoms with E-state index in [9.17, 15) is 0 Å². The van der Waals surface area contributed by atoms with E-state index in [0.717, 1.165) is 0 Å². The predicted molar refractivity (Wildman–Crippen MR) is 65.7 cm³/mol. The SMILES string of the molecule is CC1(C)OCC([C@@H]2COc3cc(N)ccc3O2)O1. The minimum absolute atomic E-state index is 0.106. The summed E-state index contributed by atoms with van der Waals surface area (Å²) in [5.74, 6) is 0.841. The molecule has 2 aliphatic heterocycles. The minimum atomic E-state index is -0.546. The lowest BCUT2D eigenvalue weighted by atomic mass is 10.2. The topological polar surface area (TPSA) is 62.9 Å². The monoisotopic (exact) mass is 251 g/mol. The van der Waals surface area contributed by atoms with Crippen LogP contribution < -0.4 is 15.2 Å². The van der Waals surface area contributed by atoms with Gasteiger partial charge in [0, 0.05) is 11.8 Å². The first-order valence-electron chi connectivity index (χ1n) is 6.04. The van der Waals surface area contributed by atoms with Gasteiger partial charge in [-0.1, -0.05) is 0 Å². The van der Waals surface area contributed by atoms with E-state index in [2.05, 4.69) is 0 Å². The van der Waals surface area contributed by atoms with Crippen molar-refractivity contribution in [3.8, 4) is 11.5 Å². The van der Waals surface area contributed by atoms with Gasteiger partial charge in [-0.05, 0) is 26.0 Å². The summed E-state index contributed by atoms with van der Waals surface area (Å²) in [5.41, 5.74) is 6.36. The van der Waals surface area contributed by atoms with E-state index in [1.165, 1.54) is 0 Å². The summed E-state index contributed by atoms with van der Waals surface area (Å²) in [5, 5.41) is 0. The van der Waals surface area contributed by atoms with E-state index < -0.39 is 5.79 Å². The highest BCUT2D eigenvalue weighted by molar-refractivity contribution is 5.52. The summed E-state index contributed by atoms with van der Waals surface area (Å²) in [7, 11) is 0. The lowest BCUT2D eigenvalue weighted by Gasteiger charge is -2.30. The third kappa shape index (κ3) is 2.11. The molecule has 0 saturated carbocycles. The molecule has 2 aliphatic rings. The molecule has 1 aromatic rings. The lowest BCUT2D eigenvalue weighted by Crippen LogP contribution is -2.41. The maximum Gasteiger partial charge on any atom is 0.163 e. The van der Waals surface area contributed by atoms with Crippen LogP contribution in [0.2, 0.25) is 0 Å². The molecule has 1 aromatic carbocycles. The Bertz CT molecular complexity index is 460. The number of nitrogen functional groups attached to an aromatic ring is 1. The Labute approximate surface area is 106 Å². The zero-order chi connectivity index (χ0) is 12.8. The molecular formula is C13H17NO4. The molecule has 2 atom stereocenters. The third-order valence-electron chi connectivity index (χ3n) is 3.09. The first-order valence-corrected chi connectivity index (χ1v) is 6.04. The first-order chi connectivity index (χ1) is 8.53.